The highest BCUT2D eigenvalue weighted by atomic mass is 19.1. The lowest BCUT2D eigenvalue weighted by molar-refractivity contribution is 0.623. The largest absolute Gasteiger partial charge is 0.384 e. The summed E-state index contributed by atoms with van der Waals surface area (Å²) in [5.74, 6) is 0.608. The number of nitrogens with zero attached hydrogens (tertiary/aromatic N) is 2. The third kappa shape index (κ3) is 2.30. The van der Waals surface area contributed by atoms with Gasteiger partial charge in [0.2, 0.25) is 0 Å². The molecule has 1 heterocycles. The van der Waals surface area contributed by atoms with E-state index in [1.807, 2.05) is 19.9 Å². The van der Waals surface area contributed by atoms with E-state index < -0.39 is 0 Å². The van der Waals surface area contributed by atoms with Crippen molar-refractivity contribution in [2.24, 2.45) is 7.05 Å². The lowest BCUT2D eigenvalue weighted by Gasteiger charge is -2.07. The summed E-state index contributed by atoms with van der Waals surface area (Å²) in [5.41, 5.74) is 8.15. The lowest BCUT2D eigenvalue weighted by Crippen LogP contribution is -1.96. The van der Waals surface area contributed by atoms with Gasteiger partial charge in [0.1, 0.15) is 11.6 Å². The van der Waals surface area contributed by atoms with Crippen LogP contribution in [0.3, 0.4) is 0 Å². The number of anilines is 1. The topological polar surface area (TPSA) is 43.8 Å². The number of aryl methyl sites for hydroxylation is 1. The number of hydrogen-bond donors (Lipinski definition) is 1. The van der Waals surface area contributed by atoms with Crippen LogP contribution >= 0.6 is 0 Å². The Morgan fingerprint density at radius 1 is 1.24 bits per heavy atom. The van der Waals surface area contributed by atoms with Crippen LogP contribution in [-0.2, 0) is 7.05 Å². The van der Waals surface area contributed by atoms with Gasteiger partial charge in [-0.2, -0.15) is 5.10 Å². The Morgan fingerprint density at radius 2 is 1.94 bits per heavy atom. The van der Waals surface area contributed by atoms with Gasteiger partial charge >= 0.3 is 0 Å². The molecule has 0 aliphatic carbocycles. The molecule has 0 saturated carbocycles. The molecule has 0 radical (unpaired) electrons. The van der Waals surface area contributed by atoms with E-state index in [-0.39, 0.29) is 11.7 Å². The van der Waals surface area contributed by atoms with Crippen molar-refractivity contribution in [3.05, 3.63) is 35.6 Å². The fourth-order valence-corrected chi connectivity index (χ4v) is 1.72. The highest BCUT2D eigenvalue weighted by molar-refractivity contribution is 5.63. The number of rotatable bonds is 2. The molecule has 0 saturated heterocycles. The molecule has 0 aliphatic rings. The van der Waals surface area contributed by atoms with Crippen molar-refractivity contribution in [3.8, 4) is 11.3 Å². The molecule has 0 unspecified atom stereocenters. The molecule has 90 valence electrons. The standard InChI is InChI=1S/C13H16FN3/c1-8(2)9-4-10(6-11(14)5-9)12-7-13(15)17(3)16-12/h4-8H,15H2,1-3H3. The van der Waals surface area contributed by atoms with E-state index in [1.165, 1.54) is 6.07 Å². The number of hydrogen-bond acceptors (Lipinski definition) is 2. The van der Waals surface area contributed by atoms with E-state index in [1.54, 1.807) is 23.9 Å². The third-order valence-electron chi connectivity index (χ3n) is 2.80. The maximum atomic E-state index is 13.5. The van der Waals surface area contributed by atoms with Crippen LogP contribution in [0.4, 0.5) is 10.2 Å². The van der Waals surface area contributed by atoms with Crippen LogP contribution in [-0.4, -0.2) is 9.78 Å². The number of benzene rings is 1. The van der Waals surface area contributed by atoms with Crippen molar-refractivity contribution in [3.63, 3.8) is 0 Å². The van der Waals surface area contributed by atoms with Gasteiger partial charge in [0.15, 0.2) is 0 Å². The molecular formula is C13H16FN3. The van der Waals surface area contributed by atoms with Gasteiger partial charge in [0.25, 0.3) is 0 Å². The van der Waals surface area contributed by atoms with E-state index in [0.717, 1.165) is 11.1 Å². The Kier molecular flexibility index (Phi) is 2.88. The summed E-state index contributed by atoms with van der Waals surface area (Å²) in [7, 11) is 1.77. The van der Waals surface area contributed by atoms with Crippen molar-refractivity contribution in [2.75, 3.05) is 5.73 Å². The van der Waals surface area contributed by atoms with Crippen LogP contribution in [0.5, 0.6) is 0 Å². The average Bonchev–Trinajstić information content (AvgIpc) is 2.58. The van der Waals surface area contributed by atoms with E-state index >= 15 is 0 Å². The highest BCUT2D eigenvalue weighted by Gasteiger charge is 2.09. The summed E-state index contributed by atoms with van der Waals surface area (Å²) < 4.78 is 15.1. The first kappa shape index (κ1) is 11.6. The molecule has 1 aromatic carbocycles. The predicted octanol–water partition coefficient (Wildman–Crippen LogP) is 2.93. The minimum absolute atomic E-state index is 0.240. The fourth-order valence-electron chi connectivity index (χ4n) is 1.72. The summed E-state index contributed by atoms with van der Waals surface area (Å²) in [6.07, 6.45) is 0. The molecule has 0 spiro atoms. The van der Waals surface area contributed by atoms with Crippen LogP contribution in [0, 0.1) is 5.82 Å². The molecule has 17 heavy (non-hydrogen) atoms. The SMILES string of the molecule is CC(C)c1cc(F)cc(-c2cc(N)n(C)n2)c1. The highest BCUT2D eigenvalue weighted by Crippen LogP contribution is 2.25. The quantitative estimate of drug-likeness (QED) is 0.866. The summed E-state index contributed by atoms with van der Waals surface area (Å²) in [6, 6.07) is 6.74. The molecule has 0 atom stereocenters. The van der Waals surface area contributed by atoms with Crippen LogP contribution in [0.2, 0.25) is 0 Å². The Hall–Kier alpha value is -1.84. The zero-order valence-corrected chi connectivity index (χ0v) is 10.2. The Bertz CT molecular complexity index is 524. The summed E-state index contributed by atoms with van der Waals surface area (Å²) >= 11 is 0. The van der Waals surface area contributed by atoms with Crippen LogP contribution < -0.4 is 5.73 Å². The minimum atomic E-state index is -0.240. The van der Waals surface area contributed by atoms with Gasteiger partial charge in [0.05, 0.1) is 5.69 Å². The van der Waals surface area contributed by atoms with Crippen molar-refractivity contribution in [1.29, 1.82) is 0 Å². The third-order valence-corrected chi connectivity index (χ3v) is 2.80. The van der Waals surface area contributed by atoms with Gasteiger partial charge in [-0.25, -0.2) is 4.39 Å². The summed E-state index contributed by atoms with van der Waals surface area (Å²) in [5, 5.41) is 4.25. The first-order valence-electron chi connectivity index (χ1n) is 5.57. The molecule has 4 heteroatoms. The Labute approximate surface area is 100 Å². The zero-order chi connectivity index (χ0) is 12.6. The Balaban J connectivity index is 2.51. The van der Waals surface area contributed by atoms with E-state index in [4.69, 9.17) is 5.73 Å². The smallest absolute Gasteiger partial charge is 0.124 e. The van der Waals surface area contributed by atoms with Gasteiger partial charge in [-0.05, 0) is 29.7 Å². The van der Waals surface area contributed by atoms with E-state index in [2.05, 4.69) is 5.10 Å². The molecule has 1 aromatic heterocycles. The lowest BCUT2D eigenvalue weighted by atomic mass is 9.99. The average molecular weight is 233 g/mol. The van der Waals surface area contributed by atoms with Crippen molar-refractivity contribution in [1.82, 2.24) is 9.78 Å². The van der Waals surface area contributed by atoms with Crippen molar-refractivity contribution < 1.29 is 4.39 Å². The summed E-state index contributed by atoms with van der Waals surface area (Å²) in [4.78, 5) is 0. The fraction of sp³-hybridized carbons (Fsp3) is 0.308. The second-order valence-corrected chi connectivity index (χ2v) is 4.51. The number of nitrogens with two attached hydrogens (primary N) is 1. The maximum Gasteiger partial charge on any atom is 0.124 e. The minimum Gasteiger partial charge on any atom is -0.384 e. The second-order valence-electron chi connectivity index (χ2n) is 4.51. The summed E-state index contributed by atoms with van der Waals surface area (Å²) in [6.45, 7) is 4.07. The van der Waals surface area contributed by atoms with Crippen molar-refractivity contribution >= 4 is 5.82 Å². The van der Waals surface area contributed by atoms with Gasteiger partial charge in [0, 0.05) is 18.7 Å². The Morgan fingerprint density at radius 3 is 2.47 bits per heavy atom. The monoisotopic (exact) mass is 233 g/mol. The molecule has 2 rings (SSSR count). The number of aromatic nitrogens is 2. The van der Waals surface area contributed by atoms with Gasteiger partial charge in [-0.1, -0.05) is 13.8 Å². The maximum absolute atomic E-state index is 13.5. The molecule has 2 aromatic rings. The molecule has 3 nitrogen and oxygen atoms in total. The normalized spacial score (nSPS) is 11.1. The number of nitrogen functional groups attached to an aromatic ring is 1. The second kappa shape index (κ2) is 4.20. The van der Waals surface area contributed by atoms with Crippen LogP contribution in [0.1, 0.15) is 25.3 Å². The van der Waals surface area contributed by atoms with Crippen molar-refractivity contribution in [2.45, 2.75) is 19.8 Å². The molecule has 0 amide bonds. The van der Waals surface area contributed by atoms with Gasteiger partial charge in [-0.3, -0.25) is 4.68 Å². The molecule has 0 bridgehead atoms. The molecular weight excluding hydrogens is 217 g/mol. The van der Waals surface area contributed by atoms with Crippen LogP contribution in [0.15, 0.2) is 24.3 Å². The first-order valence-corrected chi connectivity index (χ1v) is 5.57. The van der Waals surface area contributed by atoms with E-state index in [9.17, 15) is 4.39 Å². The number of halogens is 1. The van der Waals surface area contributed by atoms with E-state index in [0.29, 0.717) is 11.5 Å². The van der Waals surface area contributed by atoms with Gasteiger partial charge in [-0.15, -0.1) is 0 Å². The van der Waals surface area contributed by atoms with Crippen LogP contribution in [0.25, 0.3) is 11.3 Å². The molecule has 0 aliphatic heterocycles. The molecule has 0 fully saturated rings. The zero-order valence-electron chi connectivity index (χ0n) is 10.2. The first-order chi connectivity index (χ1) is 7.97. The van der Waals surface area contributed by atoms with Gasteiger partial charge < -0.3 is 5.73 Å². The predicted molar refractivity (Wildman–Crippen MR) is 67.1 cm³/mol. The molecule has 2 N–H and O–H groups in total.